The summed E-state index contributed by atoms with van der Waals surface area (Å²) in [5.74, 6) is 7.60. The average molecular weight is 501 g/mol. The highest BCUT2D eigenvalue weighted by Gasteiger charge is 2.54. The molecule has 0 aromatic carbocycles. The van der Waals surface area contributed by atoms with E-state index in [1.807, 2.05) is 0 Å². The first-order valence-corrected chi connectivity index (χ1v) is 16.1. The fourth-order valence-corrected chi connectivity index (χ4v) is 11.6. The van der Waals surface area contributed by atoms with Crippen molar-refractivity contribution < 1.29 is 9.59 Å². The molecule has 8 bridgehead atoms. The molecule has 2 amide bonds. The third kappa shape index (κ3) is 4.93. The van der Waals surface area contributed by atoms with Gasteiger partial charge in [0.1, 0.15) is 0 Å². The molecule has 8 saturated carbocycles. The van der Waals surface area contributed by atoms with Crippen LogP contribution in [0.4, 0.5) is 0 Å². The van der Waals surface area contributed by atoms with Crippen molar-refractivity contribution in [2.75, 3.05) is 11.5 Å². The summed E-state index contributed by atoms with van der Waals surface area (Å²) in [5, 5.41) is 6.79. The van der Waals surface area contributed by atoms with Crippen molar-refractivity contribution in [3.63, 3.8) is 0 Å². The molecule has 8 fully saturated rings. The van der Waals surface area contributed by atoms with Crippen LogP contribution in [0.2, 0.25) is 0 Å². The van der Waals surface area contributed by atoms with Crippen LogP contribution in [-0.2, 0) is 9.59 Å². The number of nitrogens with one attached hydrogen (secondary N) is 2. The molecule has 196 valence electrons. The van der Waals surface area contributed by atoms with Gasteiger partial charge in [0.25, 0.3) is 0 Å². The number of carbonyl (C=O) groups excluding carboxylic acids is 2. The van der Waals surface area contributed by atoms with Gasteiger partial charge in [-0.25, -0.2) is 0 Å². The first kappa shape index (κ1) is 24.6. The van der Waals surface area contributed by atoms with Gasteiger partial charge in [-0.2, -0.15) is 11.8 Å². The minimum Gasteiger partial charge on any atom is -0.353 e. The molecule has 35 heavy (non-hydrogen) atoms. The quantitative estimate of drug-likeness (QED) is 0.365. The van der Waals surface area contributed by atoms with Crippen molar-refractivity contribution in [1.29, 1.82) is 0 Å². The lowest BCUT2D eigenvalue weighted by molar-refractivity contribution is -0.126. The second-order valence-corrected chi connectivity index (χ2v) is 15.5. The second-order valence-electron chi connectivity index (χ2n) is 14.3. The molecule has 8 aliphatic carbocycles. The van der Waals surface area contributed by atoms with Crippen LogP contribution in [0.15, 0.2) is 0 Å². The fraction of sp³-hybridized carbons (Fsp3) is 0.933. The Hall–Kier alpha value is -0.710. The van der Waals surface area contributed by atoms with Gasteiger partial charge in [0, 0.05) is 36.4 Å². The van der Waals surface area contributed by atoms with Crippen LogP contribution < -0.4 is 10.6 Å². The van der Waals surface area contributed by atoms with E-state index in [0.29, 0.717) is 35.8 Å². The van der Waals surface area contributed by atoms with Gasteiger partial charge in [0.15, 0.2) is 0 Å². The highest BCUT2D eigenvalue weighted by atomic mass is 32.2. The maximum atomic E-state index is 12.7. The first-order valence-electron chi connectivity index (χ1n) is 15.0. The van der Waals surface area contributed by atoms with E-state index in [1.165, 1.54) is 77.0 Å². The van der Waals surface area contributed by atoms with E-state index >= 15 is 0 Å². The lowest BCUT2D eigenvalue weighted by atomic mass is 9.48. The minimum atomic E-state index is 0.209. The number of carbonyl (C=O) groups is 2. The SMILES string of the molecule is CC(NC(=O)CCSCCC(=O)NC(C)C12CC3CC(CC(C3)C1)C2)C12CC3CC(CC(C3)C1)C2. The van der Waals surface area contributed by atoms with Gasteiger partial charge in [-0.1, -0.05) is 0 Å². The molecule has 0 heterocycles. The van der Waals surface area contributed by atoms with E-state index in [-0.39, 0.29) is 11.8 Å². The second kappa shape index (κ2) is 9.55. The number of hydrogen-bond acceptors (Lipinski definition) is 3. The van der Waals surface area contributed by atoms with Crippen molar-refractivity contribution in [2.45, 2.75) is 116 Å². The molecular weight excluding hydrogens is 452 g/mol. The molecule has 2 unspecified atom stereocenters. The maximum absolute atomic E-state index is 12.7. The molecule has 0 aliphatic heterocycles. The topological polar surface area (TPSA) is 58.2 Å². The van der Waals surface area contributed by atoms with Crippen molar-refractivity contribution in [1.82, 2.24) is 10.6 Å². The molecule has 8 aliphatic rings. The number of rotatable bonds is 10. The summed E-state index contributed by atoms with van der Waals surface area (Å²) in [7, 11) is 0. The maximum Gasteiger partial charge on any atom is 0.221 e. The molecule has 2 N–H and O–H groups in total. The van der Waals surface area contributed by atoms with Crippen LogP contribution in [0.3, 0.4) is 0 Å². The molecule has 0 radical (unpaired) electrons. The molecular formula is C30H48N2O2S. The zero-order chi connectivity index (χ0) is 24.2. The Morgan fingerprint density at radius 2 is 0.914 bits per heavy atom. The van der Waals surface area contributed by atoms with Crippen LogP contribution in [0, 0.1) is 46.3 Å². The smallest absolute Gasteiger partial charge is 0.221 e. The van der Waals surface area contributed by atoms with E-state index in [4.69, 9.17) is 0 Å². The Bertz CT molecular complexity index is 689. The lowest BCUT2D eigenvalue weighted by Gasteiger charge is -2.59. The van der Waals surface area contributed by atoms with E-state index in [1.54, 1.807) is 11.8 Å². The van der Waals surface area contributed by atoms with Gasteiger partial charge < -0.3 is 10.6 Å². The average Bonchev–Trinajstić information content (AvgIpc) is 2.77. The van der Waals surface area contributed by atoms with Crippen molar-refractivity contribution in [2.24, 2.45) is 46.3 Å². The molecule has 5 heteroatoms. The summed E-state index contributed by atoms with van der Waals surface area (Å²) in [6, 6.07) is 0.621. The predicted molar refractivity (Wildman–Crippen MR) is 143 cm³/mol. The third-order valence-electron chi connectivity index (χ3n) is 11.7. The molecule has 0 spiro atoms. The Kier molecular flexibility index (Phi) is 6.72. The molecule has 2 atom stereocenters. The Labute approximate surface area is 217 Å². The monoisotopic (exact) mass is 500 g/mol. The summed E-state index contributed by atoms with van der Waals surface area (Å²) >= 11 is 1.76. The zero-order valence-electron chi connectivity index (χ0n) is 22.2. The van der Waals surface area contributed by atoms with E-state index in [9.17, 15) is 9.59 Å². The van der Waals surface area contributed by atoms with E-state index in [2.05, 4.69) is 24.5 Å². The van der Waals surface area contributed by atoms with Crippen LogP contribution in [0.5, 0.6) is 0 Å². The van der Waals surface area contributed by atoms with Crippen LogP contribution >= 0.6 is 11.8 Å². The van der Waals surface area contributed by atoms with Gasteiger partial charge in [-0.3, -0.25) is 9.59 Å². The zero-order valence-corrected chi connectivity index (χ0v) is 23.0. The summed E-state index contributed by atoms with van der Waals surface area (Å²) in [4.78, 5) is 25.4. The highest BCUT2D eigenvalue weighted by Crippen LogP contribution is 2.62. The molecule has 4 nitrogen and oxygen atoms in total. The number of hydrogen-bond donors (Lipinski definition) is 2. The number of amides is 2. The largest absolute Gasteiger partial charge is 0.353 e. The van der Waals surface area contributed by atoms with Gasteiger partial charge >= 0.3 is 0 Å². The summed E-state index contributed by atoms with van der Waals surface area (Å²) in [6.07, 6.45) is 17.9. The molecule has 0 aromatic rings. The standard InChI is InChI=1S/C30H48N2O2S/c1-19(29-13-21-7-22(14-29)9-23(8-21)15-29)31-27(33)3-5-35-6-4-28(34)32-20(2)30-16-24-10-25(17-30)12-26(11-24)18-30/h19-26H,3-18H2,1-2H3,(H,31,33)(H,32,34). The van der Waals surface area contributed by atoms with Crippen LogP contribution in [-0.4, -0.2) is 35.4 Å². The Morgan fingerprint density at radius 1 is 0.629 bits per heavy atom. The van der Waals surface area contributed by atoms with Crippen molar-refractivity contribution in [3.05, 3.63) is 0 Å². The normalized spacial score (nSPS) is 44.3. The van der Waals surface area contributed by atoms with Gasteiger partial charge in [0.2, 0.25) is 11.8 Å². The Balaban J connectivity index is 0.881. The molecule has 0 aromatic heterocycles. The molecule has 0 saturated heterocycles. The third-order valence-corrected chi connectivity index (χ3v) is 12.7. The lowest BCUT2D eigenvalue weighted by Crippen LogP contribution is -2.55. The predicted octanol–water partition coefficient (Wildman–Crippen LogP) is 5.94. The van der Waals surface area contributed by atoms with Crippen molar-refractivity contribution in [3.8, 4) is 0 Å². The minimum absolute atomic E-state index is 0.209. The van der Waals surface area contributed by atoms with E-state index in [0.717, 1.165) is 47.0 Å². The van der Waals surface area contributed by atoms with Crippen LogP contribution in [0.25, 0.3) is 0 Å². The van der Waals surface area contributed by atoms with Crippen molar-refractivity contribution >= 4 is 23.6 Å². The molecule has 8 rings (SSSR count). The van der Waals surface area contributed by atoms with Gasteiger partial charge in [-0.05, 0) is 137 Å². The first-order chi connectivity index (χ1) is 16.8. The van der Waals surface area contributed by atoms with Gasteiger partial charge in [-0.15, -0.1) is 0 Å². The number of thioether (sulfide) groups is 1. The summed E-state index contributed by atoms with van der Waals surface area (Å²) < 4.78 is 0. The summed E-state index contributed by atoms with van der Waals surface area (Å²) in [6.45, 7) is 4.54. The van der Waals surface area contributed by atoms with Crippen LogP contribution in [0.1, 0.15) is 104 Å². The highest BCUT2D eigenvalue weighted by molar-refractivity contribution is 7.99. The Morgan fingerprint density at radius 3 is 1.20 bits per heavy atom. The van der Waals surface area contributed by atoms with Gasteiger partial charge in [0.05, 0.1) is 0 Å². The summed E-state index contributed by atoms with van der Waals surface area (Å²) in [5.41, 5.74) is 0.756. The fourth-order valence-electron chi connectivity index (χ4n) is 10.8. The van der Waals surface area contributed by atoms with E-state index < -0.39 is 0 Å².